The van der Waals surface area contributed by atoms with Crippen LogP contribution in [-0.4, -0.2) is 305 Å². The first-order valence-electron chi connectivity index (χ1n) is 35.8. The van der Waals surface area contributed by atoms with Crippen LogP contribution in [0.1, 0.15) is 120 Å². The average molecular weight is 1600 g/mol. The van der Waals surface area contributed by atoms with Crippen LogP contribution < -0.4 is 27.4 Å². The predicted octanol–water partition coefficient (Wildman–Crippen LogP) is -3.37. The lowest BCUT2D eigenvalue weighted by atomic mass is 9.64. The number of carboxylic acid groups (broad SMARTS) is 1. The number of carboxylic acids is 1. The molecule has 0 bridgehead atoms. The second-order valence-corrected chi connectivity index (χ2v) is 31.5. The van der Waals surface area contributed by atoms with Crippen LogP contribution in [0.25, 0.3) is 0 Å². The minimum atomic E-state index is -5.87. The zero-order chi connectivity index (χ0) is 82.0. The number of hydrogen-bond donors (Lipinski definition) is 19. The van der Waals surface area contributed by atoms with E-state index < -0.39 is 246 Å². The van der Waals surface area contributed by atoms with Crippen LogP contribution in [0.3, 0.4) is 0 Å². The summed E-state index contributed by atoms with van der Waals surface area (Å²) >= 11 is 0. The quantitative estimate of drug-likeness (QED) is 0.0218. The Bertz CT molecular complexity index is 3390. The fourth-order valence-corrected chi connectivity index (χ4v) is 14.9. The number of primary amides is 2. The number of phosphoric ester groups is 1. The summed E-state index contributed by atoms with van der Waals surface area (Å²) < 4.78 is 88.6. The summed E-state index contributed by atoms with van der Waals surface area (Å²) in [6.07, 6.45) is -40.2. The minimum Gasteiger partial charge on any atom is -0.510 e. The molecule has 2 aliphatic carbocycles. The largest absolute Gasteiger partial charge is 0.510 e. The van der Waals surface area contributed by atoms with Crippen LogP contribution in [0.2, 0.25) is 0 Å². The van der Waals surface area contributed by atoms with Gasteiger partial charge in [-0.3, -0.25) is 33.0 Å². The van der Waals surface area contributed by atoms with Gasteiger partial charge in [0.2, 0.25) is 17.7 Å². The van der Waals surface area contributed by atoms with Gasteiger partial charge >= 0.3 is 19.9 Å². The van der Waals surface area contributed by atoms with Crippen molar-refractivity contribution in [2.75, 3.05) is 33.0 Å². The average Bonchev–Trinajstić information content (AvgIpc) is 0.908. The second-order valence-electron chi connectivity index (χ2n) is 30.1. The zero-order valence-electron chi connectivity index (χ0n) is 62.2. The fourth-order valence-electron chi connectivity index (χ4n) is 14.0. The Morgan fingerprint density at radius 1 is 0.736 bits per heavy atom. The number of phosphoric acid groups is 1. The number of carbonyl (C=O) groups is 7. The Hall–Kier alpha value is -5.94. The summed E-state index contributed by atoms with van der Waals surface area (Å²) in [5, 5.41) is 150. The van der Waals surface area contributed by atoms with Crippen LogP contribution in [0.15, 0.2) is 59.6 Å². The van der Waals surface area contributed by atoms with Gasteiger partial charge in [0, 0.05) is 26.7 Å². The lowest BCUT2D eigenvalue weighted by Crippen LogP contribution is -2.72. The van der Waals surface area contributed by atoms with Crippen LogP contribution in [0.5, 0.6) is 0 Å². The highest BCUT2D eigenvalue weighted by molar-refractivity contribution is 7.47. The van der Waals surface area contributed by atoms with Crippen molar-refractivity contribution in [1.82, 2.24) is 16.0 Å². The number of hydrogen-bond acceptors (Lipinski definition) is 33. The van der Waals surface area contributed by atoms with Crippen molar-refractivity contribution in [2.45, 2.75) is 279 Å². The smallest absolute Gasteiger partial charge is 0.474 e. The molecule has 40 nitrogen and oxygen atoms in total. The van der Waals surface area contributed by atoms with E-state index in [1.54, 1.807) is 13.0 Å². The molecule has 0 aromatic heterocycles. The first-order chi connectivity index (χ1) is 51.3. The number of ketones is 1. The molecule has 28 atom stereocenters. The lowest BCUT2D eigenvalue weighted by Gasteiger charge is -2.52. The van der Waals surface area contributed by atoms with E-state index in [9.17, 15) is 109 Å². The molecule has 6 fully saturated rings. The number of carbonyl (C=O) groups excluding carboxylic acids is 6. The third kappa shape index (κ3) is 23.2. The van der Waals surface area contributed by atoms with E-state index in [2.05, 4.69) is 62.9 Å². The third-order valence-electron chi connectivity index (χ3n) is 20.4. The lowest BCUT2D eigenvalue weighted by molar-refractivity contribution is -0.376. The second kappa shape index (κ2) is 38.9. The van der Waals surface area contributed by atoms with E-state index in [4.69, 9.17) is 72.6 Å². The van der Waals surface area contributed by atoms with Crippen LogP contribution in [0, 0.1) is 16.7 Å². The summed E-state index contributed by atoms with van der Waals surface area (Å²) in [4.78, 5) is 102. The molecule has 0 radical (unpaired) electrons. The van der Waals surface area contributed by atoms with Crippen LogP contribution >= 0.6 is 7.82 Å². The van der Waals surface area contributed by atoms with E-state index in [0.29, 0.717) is 18.8 Å². The molecule has 7 rings (SSSR count). The van der Waals surface area contributed by atoms with E-state index >= 15 is 0 Å². The first-order valence-corrected chi connectivity index (χ1v) is 37.3. The molecule has 5 heterocycles. The Kier molecular flexibility index (Phi) is 32.3. The monoisotopic (exact) mass is 1600 g/mol. The maximum atomic E-state index is 14.1. The fraction of sp³-hybridized carbons (Fsp3) is 0.754. The normalized spacial score (nSPS) is 37.3. The number of nitrogens with one attached hydrogen (secondary N) is 3. The summed E-state index contributed by atoms with van der Waals surface area (Å²) in [6.45, 7) is 17.0. The Morgan fingerprint density at radius 3 is 1.87 bits per heavy atom. The van der Waals surface area contributed by atoms with Gasteiger partial charge in [0.25, 0.3) is 5.91 Å². The molecule has 41 heteroatoms. The van der Waals surface area contributed by atoms with Gasteiger partial charge in [-0.2, -0.15) is 0 Å². The topological polar surface area (TPSA) is 628 Å². The van der Waals surface area contributed by atoms with E-state index in [0.717, 1.165) is 64.9 Å². The SMILES string of the molecule is C=C(CCC(C)(C)/C=C/CC/C(C)=C\CO[C@H](COP(=O)(O)O[C@H]1O[C@H](C(N)=O)[C@@](C)(O)[C@H](OC(N)=O)[C@H]1O[C@@H]1O[C@H](CO[C@@H]2O[C@H](CO)[C@@H](O)[C@H](O)[C@H]2O)[C@@H](O[C@@H]2O[C@H](CO)[C@@H](O[C@H]3O[C@@H](C(=O)NC4=C(O)CCC4=O)[C@@H](O)[C@@H](O)[C@@H]3O)[C@H](O)[C@H]2NC(C)=O)[C@H](O)[C@H]1NC(C)=O)C(=O)O)CC1C(=C)CCCC1(C)C. The molecule has 624 valence electrons. The first kappa shape index (κ1) is 91.2. The molecule has 0 aromatic rings. The number of aliphatic hydroxyl groups excluding tert-OH is 11. The summed E-state index contributed by atoms with van der Waals surface area (Å²) in [5.41, 5.74) is 10.8. The van der Waals surface area contributed by atoms with E-state index in [1.165, 1.54) is 11.1 Å². The molecule has 0 spiro atoms. The molecule has 110 heavy (non-hydrogen) atoms. The number of nitrogens with two attached hydrogens (primary N) is 2. The van der Waals surface area contributed by atoms with Crippen molar-refractivity contribution >= 4 is 49.3 Å². The van der Waals surface area contributed by atoms with E-state index in [1.807, 2.05) is 6.08 Å². The molecular weight excluding hydrogens is 1490 g/mol. The highest BCUT2D eigenvalue weighted by Crippen LogP contribution is 2.50. The van der Waals surface area contributed by atoms with Crippen molar-refractivity contribution in [3.8, 4) is 0 Å². The number of aliphatic carboxylic acids is 1. The van der Waals surface area contributed by atoms with Crippen molar-refractivity contribution in [1.29, 1.82) is 0 Å². The minimum absolute atomic E-state index is 0.151. The molecule has 5 aliphatic heterocycles. The van der Waals surface area contributed by atoms with Gasteiger partial charge in [-0.1, -0.05) is 75.8 Å². The highest BCUT2D eigenvalue weighted by Gasteiger charge is 2.63. The van der Waals surface area contributed by atoms with Crippen molar-refractivity contribution in [2.24, 2.45) is 28.2 Å². The molecular formula is C69H108N5O35P. The van der Waals surface area contributed by atoms with Gasteiger partial charge < -0.3 is 151 Å². The third-order valence-corrected chi connectivity index (χ3v) is 21.3. The van der Waals surface area contributed by atoms with Gasteiger partial charge in [-0.05, 0) is 82.0 Å². The van der Waals surface area contributed by atoms with Gasteiger partial charge in [0.1, 0.15) is 108 Å². The van der Waals surface area contributed by atoms with Gasteiger partial charge in [-0.25, -0.2) is 14.2 Å². The van der Waals surface area contributed by atoms with Gasteiger partial charge in [0.05, 0.1) is 33.0 Å². The van der Waals surface area contributed by atoms with Crippen molar-refractivity contribution in [3.63, 3.8) is 0 Å². The molecule has 5 saturated heterocycles. The zero-order valence-corrected chi connectivity index (χ0v) is 63.1. The molecule has 0 aromatic carbocycles. The van der Waals surface area contributed by atoms with Crippen LogP contribution in [-0.2, 0) is 94.5 Å². The van der Waals surface area contributed by atoms with Crippen molar-refractivity contribution < 1.29 is 171 Å². The standard InChI is InChI=1S/C69H108N5O35P/c1-29(14-11-12-20-67(6,7)22-18-30(2)24-34-31(3)15-13-21-68(34,8)9)19-23-97-40(60(91)92)28-99-110(95,96)109-65-55(56(108-66(71)93)69(10,94)57(107-65)58(70)89)106-62-43(73-33(5)78)46(83)53(39(102-62)27-98-63-50(87)47(84)44(81)37(25-75)100-63)103-61-42(72-32(4)77)45(82)52(38(26-76)101-61)104-64-51(88)48(85)49(86)54(105-64)59(90)74-41-35(79)16-17-36(41)80/h12,19-20,34,37-40,42-57,61-65,75-76,79,81-88,94H,2-3,11,13-18,21-28H2,1,4-10H3,(H2,70,89)(H2,71,93)(H,72,77)(H,73,78)(H,74,90)(H,91,92)(H,95,96)/b20-12+,29-19-/t34?,37-,38-,39-,40-,42-,43-,44-,45-,46-,47+,48-,49+,50-,51+,52-,53-,54-,55-,56-,57-,61+,62+,63-,64+,65-,69+/m1/s1. The number of ether oxygens (including phenoxy) is 11. The maximum absolute atomic E-state index is 14.1. The number of Topliss-reactive ketones (excluding diaryl/α,β-unsaturated/α-hetero) is 1. The highest BCUT2D eigenvalue weighted by atomic mass is 31.2. The molecule has 5 amide bonds. The molecule has 21 N–H and O–H groups in total. The Morgan fingerprint density at radius 2 is 1.31 bits per heavy atom. The molecule has 1 saturated carbocycles. The summed E-state index contributed by atoms with van der Waals surface area (Å²) in [5.74, 6) is -7.48. The summed E-state index contributed by atoms with van der Waals surface area (Å²) in [6, 6.07) is -4.16. The van der Waals surface area contributed by atoms with Gasteiger partial charge in [0.15, 0.2) is 67.8 Å². The van der Waals surface area contributed by atoms with Crippen molar-refractivity contribution in [3.05, 3.63) is 59.6 Å². The van der Waals surface area contributed by atoms with E-state index in [-0.39, 0.29) is 30.3 Å². The Labute approximate surface area is 633 Å². The molecule has 7 aliphatic rings. The molecule has 2 unspecified atom stereocenters. The summed E-state index contributed by atoms with van der Waals surface area (Å²) in [7, 11) is -5.87. The number of amides is 5. The number of aliphatic hydroxyl groups is 12. The maximum Gasteiger partial charge on any atom is 0.474 e. The number of allylic oxidation sites excluding steroid dienone is 7. The van der Waals surface area contributed by atoms with Crippen LogP contribution in [0.4, 0.5) is 4.79 Å². The van der Waals surface area contributed by atoms with Gasteiger partial charge in [-0.15, -0.1) is 0 Å². The Balaban J connectivity index is 1.13. The number of rotatable bonds is 35. The predicted molar refractivity (Wildman–Crippen MR) is 371 cm³/mol.